The van der Waals surface area contributed by atoms with Crippen molar-refractivity contribution in [3.05, 3.63) is 29.3 Å². The molecule has 1 N–H and O–H groups in total. The maximum Gasteiger partial charge on any atom is 0.122 e. The molecule has 2 nitrogen and oxygen atoms in total. The molecule has 1 aliphatic carbocycles. The summed E-state index contributed by atoms with van der Waals surface area (Å²) in [6.07, 6.45) is 2.52. The molecule has 0 amide bonds. The lowest BCUT2D eigenvalue weighted by Crippen LogP contribution is -2.28. The topological polar surface area (TPSA) is 21.3 Å². The van der Waals surface area contributed by atoms with Crippen LogP contribution in [0.2, 0.25) is 0 Å². The lowest BCUT2D eigenvalue weighted by Gasteiger charge is -2.22. The number of aryl methyl sites for hydroxylation is 1. The summed E-state index contributed by atoms with van der Waals surface area (Å²) in [4.78, 5) is 0. The maximum absolute atomic E-state index is 5.51. The van der Waals surface area contributed by atoms with Gasteiger partial charge in [-0.3, -0.25) is 0 Å². The van der Waals surface area contributed by atoms with Crippen LogP contribution in [0.25, 0.3) is 0 Å². The van der Waals surface area contributed by atoms with Gasteiger partial charge < -0.3 is 10.1 Å². The Balaban J connectivity index is 2.31. The zero-order valence-corrected chi connectivity index (χ0v) is 11.3. The van der Waals surface area contributed by atoms with Crippen LogP contribution in [-0.2, 0) is 0 Å². The first-order chi connectivity index (χ1) is 8.17. The van der Waals surface area contributed by atoms with Crippen molar-refractivity contribution in [1.29, 1.82) is 0 Å². The second kappa shape index (κ2) is 5.09. The van der Waals surface area contributed by atoms with E-state index in [4.69, 9.17) is 4.74 Å². The van der Waals surface area contributed by atoms with E-state index in [-0.39, 0.29) is 0 Å². The van der Waals surface area contributed by atoms with Crippen LogP contribution in [0.1, 0.15) is 36.8 Å². The lowest BCUT2D eigenvalue weighted by molar-refractivity contribution is 0.388. The largest absolute Gasteiger partial charge is 0.496 e. The molecular formula is C15H23NO. The molecule has 2 rings (SSSR count). The molecule has 1 aromatic carbocycles. The third-order valence-electron chi connectivity index (χ3n) is 4.21. The van der Waals surface area contributed by atoms with Crippen LogP contribution in [-0.4, -0.2) is 20.2 Å². The number of ether oxygens (including phenoxy) is 1. The van der Waals surface area contributed by atoms with Gasteiger partial charge in [0.1, 0.15) is 5.75 Å². The van der Waals surface area contributed by atoms with Gasteiger partial charge in [0.05, 0.1) is 7.11 Å². The van der Waals surface area contributed by atoms with Gasteiger partial charge >= 0.3 is 0 Å². The third kappa shape index (κ3) is 2.32. The molecule has 2 heteroatoms. The Morgan fingerprint density at radius 1 is 1.29 bits per heavy atom. The van der Waals surface area contributed by atoms with E-state index in [1.165, 1.54) is 24.0 Å². The normalized spacial score (nSPS) is 28.4. The van der Waals surface area contributed by atoms with Gasteiger partial charge in [-0.25, -0.2) is 0 Å². The average molecular weight is 233 g/mol. The van der Waals surface area contributed by atoms with Crippen LogP contribution in [0, 0.1) is 12.8 Å². The highest BCUT2D eigenvalue weighted by molar-refractivity contribution is 5.40. The number of nitrogens with one attached hydrogen (secondary N) is 1. The Kier molecular flexibility index (Phi) is 3.72. The molecule has 17 heavy (non-hydrogen) atoms. The van der Waals surface area contributed by atoms with Crippen molar-refractivity contribution in [2.75, 3.05) is 14.2 Å². The average Bonchev–Trinajstić information content (AvgIpc) is 2.70. The van der Waals surface area contributed by atoms with E-state index in [1.54, 1.807) is 7.11 Å². The quantitative estimate of drug-likeness (QED) is 0.866. The highest BCUT2D eigenvalue weighted by atomic mass is 16.5. The van der Waals surface area contributed by atoms with Gasteiger partial charge in [-0.2, -0.15) is 0 Å². The molecule has 0 saturated heterocycles. The summed E-state index contributed by atoms with van der Waals surface area (Å²) in [7, 11) is 3.83. The number of methoxy groups -OCH3 is 1. The molecule has 0 radical (unpaired) electrons. The first kappa shape index (κ1) is 12.4. The van der Waals surface area contributed by atoms with E-state index < -0.39 is 0 Å². The van der Waals surface area contributed by atoms with E-state index in [0.717, 1.165) is 5.75 Å². The minimum atomic E-state index is 0.627. The fraction of sp³-hybridized carbons (Fsp3) is 0.600. The zero-order valence-electron chi connectivity index (χ0n) is 11.3. The molecule has 0 aromatic heterocycles. The highest BCUT2D eigenvalue weighted by Crippen LogP contribution is 2.43. The van der Waals surface area contributed by atoms with Gasteiger partial charge in [-0.05, 0) is 50.3 Å². The minimum absolute atomic E-state index is 0.627. The summed E-state index contributed by atoms with van der Waals surface area (Å²) in [5.74, 6) is 2.35. The van der Waals surface area contributed by atoms with Crippen LogP contribution >= 0.6 is 0 Å². The van der Waals surface area contributed by atoms with Gasteiger partial charge in [0.25, 0.3) is 0 Å². The predicted molar refractivity (Wildman–Crippen MR) is 71.7 cm³/mol. The van der Waals surface area contributed by atoms with Crippen LogP contribution < -0.4 is 10.1 Å². The summed E-state index contributed by atoms with van der Waals surface area (Å²) in [5, 5.41) is 3.42. The molecular weight excluding hydrogens is 210 g/mol. The fourth-order valence-corrected chi connectivity index (χ4v) is 3.15. The molecule has 0 spiro atoms. The predicted octanol–water partition coefficient (Wildman–Crippen LogP) is 3.11. The summed E-state index contributed by atoms with van der Waals surface area (Å²) in [6.45, 7) is 4.50. The van der Waals surface area contributed by atoms with Crippen LogP contribution in [0.4, 0.5) is 0 Å². The van der Waals surface area contributed by atoms with Crippen LogP contribution in [0.5, 0.6) is 5.75 Å². The number of hydrogen-bond donors (Lipinski definition) is 1. The number of benzene rings is 1. The van der Waals surface area contributed by atoms with Crippen LogP contribution in [0.3, 0.4) is 0 Å². The monoisotopic (exact) mass is 233 g/mol. The fourth-order valence-electron chi connectivity index (χ4n) is 3.15. The Morgan fingerprint density at radius 3 is 2.65 bits per heavy atom. The number of hydrogen-bond acceptors (Lipinski definition) is 2. The first-order valence-corrected chi connectivity index (χ1v) is 6.49. The third-order valence-corrected chi connectivity index (χ3v) is 4.21. The summed E-state index contributed by atoms with van der Waals surface area (Å²) in [6, 6.07) is 7.16. The standard InChI is InChI=1S/C15H23NO/c1-10-5-8-15(17-4)13(9-10)12-6-7-14(16-3)11(12)2/h5,8-9,11-12,14,16H,6-7H2,1-4H3. The Hall–Kier alpha value is -1.02. The number of rotatable bonds is 3. The molecule has 0 heterocycles. The molecule has 0 bridgehead atoms. The van der Waals surface area contributed by atoms with Crippen LogP contribution in [0.15, 0.2) is 18.2 Å². The molecule has 3 unspecified atom stereocenters. The highest BCUT2D eigenvalue weighted by Gasteiger charge is 2.34. The van der Waals surface area contributed by atoms with E-state index in [9.17, 15) is 0 Å². The first-order valence-electron chi connectivity index (χ1n) is 6.49. The molecule has 1 saturated carbocycles. The van der Waals surface area contributed by atoms with Crippen molar-refractivity contribution in [3.8, 4) is 5.75 Å². The summed E-state index contributed by atoms with van der Waals surface area (Å²) >= 11 is 0. The lowest BCUT2D eigenvalue weighted by atomic mass is 9.87. The summed E-state index contributed by atoms with van der Waals surface area (Å²) in [5.41, 5.74) is 2.71. The molecule has 1 aromatic rings. The van der Waals surface area contributed by atoms with Gasteiger partial charge in [0.15, 0.2) is 0 Å². The zero-order chi connectivity index (χ0) is 12.4. The van der Waals surface area contributed by atoms with Gasteiger partial charge in [-0.15, -0.1) is 0 Å². The van der Waals surface area contributed by atoms with Gasteiger partial charge in [0.2, 0.25) is 0 Å². The summed E-state index contributed by atoms with van der Waals surface area (Å²) < 4.78 is 5.51. The van der Waals surface area contributed by atoms with E-state index >= 15 is 0 Å². The molecule has 3 atom stereocenters. The second-order valence-corrected chi connectivity index (χ2v) is 5.18. The van der Waals surface area contributed by atoms with Crippen molar-refractivity contribution in [1.82, 2.24) is 5.32 Å². The van der Waals surface area contributed by atoms with Crippen molar-refractivity contribution in [3.63, 3.8) is 0 Å². The van der Waals surface area contributed by atoms with E-state index in [0.29, 0.717) is 17.9 Å². The molecule has 1 fully saturated rings. The smallest absolute Gasteiger partial charge is 0.122 e. The van der Waals surface area contributed by atoms with E-state index in [2.05, 4.69) is 44.4 Å². The van der Waals surface area contributed by atoms with Crippen molar-refractivity contribution >= 4 is 0 Å². The molecule has 0 aliphatic heterocycles. The van der Waals surface area contributed by atoms with Crippen molar-refractivity contribution < 1.29 is 4.74 Å². The minimum Gasteiger partial charge on any atom is -0.496 e. The van der Waals surface area contributed by atoms with Gasteiger partial charge in [-0.1, -0.05) is 24.6 Å². The Morgan fingerprint density at radius 2 is 2.06 bits per heavy atom. The van der Waals surface area contributed by atoms with Crippen molar-refractivity contribution in [2.45, 2.75) is 38.6 Å². The maximum atomic E-state index is 5.51. The van der Waals surface area contributed by atoms with Crippen molar-refractivity contribution in [2.24, 2.45) is 5.92 Å². The Bertz CT molecular complexity index is 389. The van der Waals surface area contributed by atoms with Gasteiger partial charge in [0, 0.05) is 6.04 Å². The molecule has 94 valence electrons. The SMILES string of the molecule is CNC1CCC(c2cc(C)ccc2OC)C1C. The second-order valence-electron chi connectivity index (χ2n) is 5.18. The molecule has 1 aliphatic rings. The van der Waals surface area contributed by atoms with E-state index in [1.807, 2.05) is 0 Å². The Labute approximate surface area is 104 Å².